The number of methoxy groups -OCH3 is 2. The summed E-state index contributed by atoms with van der Waals surface area (Å²) in [5.74, 6) is 1.31. The molecule has 0 radical (unpaired) electrons. The molecule has 0 aromatic heterocycles. The van der Waals surface area contributed by atoms with Crippen molar-refractivity contribution in [2.45, 2.75) is 24.3 Å². The molecule has 6 nitrogen and oxygen atoms in total. The van der Waals surface area contributed by atoms with Crippen LogP contribution in [0.5, 0.6) is 11.5 Å². The molecule has 1 saturated heterocycles. The highest BCUT2D eigenvalue weighted by Gasteiger charge is 2.43. The summed E-state index contributed by atoms with van der Waals surface area (Å²) in [6.45, 7) is 2.23. The van der Waals surface area contributed by atoms with Gasteiger partial charge < -0.3 is 24.8 Å². The monoisotopic (exact) mass is 320 g/mol. The van der Waals surface area contributed by atoms with Gasteiger partial charge in [0.1, 0.15) is 6.04 Å². The minimum absolute atomic E-state index is 0.0162. The third-order valence-electron chi connectivity index (χ3n) is 5.04. The lowest BCUT2D eigenvalue weighted by molar-refractivity contribution is -0.123. The van der Waals surface area contributed by atoms with E-state index in [9.17, 15) is 4.79 Å². The Morgan fingerprint density at radius 3 is 2.52 bits per heavy atom. The molecule has 2 aliphatic heterocycles. The Labute approximate surface area is 136 Å². The van der Waals surface area contributed by atoms with Crippen LogP contribution in [0.2, 0.25) is 0 Å². The summed E-state index contributed by atoms with van der Waals surface area (Å²) in [6.07, 6.45) is 1.87. The number of fused-ring (bicyclic) bond motifs is 2. The normalized spacial score (nSPS) is 22.3. The fraction of sp³-hybridized carbons (Fsp3) is 0.588. The number of carbonyl (C=O) groups is 1. The van der Waals surface area contributed by atoms with Crippen molar-refractivity contribution >= 4 is 5.91 Å². The molecule has 1 unspecified atom stereocenters. The standard InChI is InChI=1S/C17H24N2O4/c1-18-16(20)15-11-8-13(21-2)14(22-3)9-12(11)17(10-19-15)4-6-23-7-5-17/h8-9,15,19H,4-7,10H2,1-3H3,(H,18,20). The molecule has 1 aromatic carbocycles. The summed E-state index contributed by atoms with van der Waals surface area (Å²) in [5.41, 5.74) is 2.12. The maximum Gasteiger partial charge on any atom is 0.241 e. The second-order valence-electron chi connectivity index (χ2n) is 6.12. The van der Waals surface area contributed by atoms with Gasteiger partial charge >= 0.3 is 0 Å². The average molecular weight is 320 g/mol. The van der Waals surface area contributed by atoms with E-state index in [1.165, 1.54) is 5.56 Å². The molecule has 0 saturated carbocycles. The number of nitrogens with one attached hydrogen (secondary N) is 2. The van der Waals surface area contributed by atoms with E-state index in [-0.39, 0.29) is 17.4 Å². The molecule has 2 heterocycles. The number of carbonyl (C=O) groups excluding carboxylic acids is 1. The summed E-state index contributed by atoms with van der Waals surface area (Å²) in [4.78, 5) is 12.3. The van der Waals surface area contributed by atoms with Gasteiger partial charge in [0.2, 0.25) is 5.91 Å². The fourth-order valence-electron chi connectivity index (χ4n) is 3.68. The first-order valence-corrected chi connectivity index (χ1v) is 7.94. The first-order chi connectivity index (χ1) is 11.1. The van der Waals surface area contributed by atoms with Crippen LogP contribution >= 0.6 is 0 Å². The van der Waals surface area contributed by atoms with Gasteiger partial charge in [-0.3, -0.25) is 4.79 Å². The fourth-order valence-corrected chi connectivity index (χ4v) is 3.68. The number of hydrogen-bond donors (Lipinski definition) is 2. The molecule has 1 aromatic rings. The zero-order chi connectivity index (χ0) is 16.4. The largest absolute Gasteiger partial charge is 0.493 e. The Balaban J connectivity index is 2.14. The number of ether oxygens (including phenoxy) is 3. The predicted octanol–water partition coefficient (Wildman–Crippen LogP) is 1.14. The lowest BCUT2D eigenvalue weighted by Crippen LogP contribution is -2.51. The second-order valence-corrected chi connectivity index (χ2v) is 6.12. The van der Waals surface area contributed by atoms with Crippen molar-refractivity contribution in [2.75, 3.05) is 41.0 Å². The van der Waals surface area contributed by atoms with E-state index in [2.05, 4.69) is 10.6 Å². The molecule has 1 fully saturated rings. The van der Waals surface area contributed by atoms with Gasteiger partial charge in [-0.1, -0.05) is 0 Å². The first-order valence-electron chi connectivity index (χ1n) is 7.94. The minimum Gasteiger partial charge on any atom is -0.493 e. The molecule has 0 bridgehead atoms. The van der Waals surface area contributed by atoms with Crippen LogP contribution in [0, 0.1) is 0 Å². The van der Waals surface area contributed by atoms with Crippen LogP contribution in [0.25, 0.3) is 0 Å². The van der Waals surface area contributed by atoms with Gasteiger partial charge in [-0.15, -0.1) is 0 Å². The quantitative estimate of drug-likeness (QED) is 0.874. The SMILES string of the molecule is CNC(=O)C1NCC2(CCOCC2)c2cc(OC)c(OC)cc21. The highest BCUT2D eigenvalue weighted by Crippen LogP contribution is 2.45. The maximum atomic E-state index is 12.3. The van der Waals surface area contributed by atoms with Crippen LogP contribution in [-0.4, -0.2) is 46.9 Å². The van der Waals surface area contributed by atoms with Crippen molar-refractivity contribution in [3.05, 3.63) is 23.3 Å². The van der Waals surface area contributed by atoms with Crippen LogP contribution in [0.4, 0.5) is 0 Å². The zero-order valence-electron chi connectivity index (χ0n) is 13.9. The van der Waals surface area contributed by atoms with Crippen LogP contribution < -0.4 is 20.1 Å². The van der Waals surface area contributed by atoms with Crippen molar-refractivity contribution < 1.29 is 19.0 Å². The van der Waals surface area contributed by atoms with Crippen molar-refractivity contribution in [3.63, 3.8) is 0 Å². The van der Waals surface area contributed by atoms with E-state index in [4.69, 9.17) is 14.2 Å². The molecule has 126 valence electrons. The highest BCUT2D eigenvalue weighted by atomic mass is 16.5. The maximum absolute atomic E-state index is 12.3. The van der Waals surface area contributed by atoms with E-state index in [0.717, 1.165) is 38.2 Å². The van der Waals surface area contributed by atoms with Crippen molar-refractivity contribution in [1.29, 1.82) is 0 Å². The number of hydrogen-bond acceptors (Lipinski definition) is 5. The minimum atomic E-state index is -0.372. The van der Waals surface area contributed by atoms with Gasteiger partial charge in [-0.2, -0.15) is 0 Å². The van der Waals surface area contributed by atoms with E-state index < -0.39 is 0 Å². The smallest absolute Gasteiger partial charge is 0.241 e. The zero-order valence-corrected chi connectivity index (χ0v) is 13.9. The van der Waals surface area contributed by atoms with Gasteiger partial charge in [0, 0.05) is 32.2 Å². The van der Waals surface area contributed by atoms with E-state index in [0.29, 0.717) is 11.5 Å². The Kier molecular flexibility index (Phi) is 4.46. The Bertz CT molecular complexity index is 597. The number of amides is 1. The van der Waals surface area contributed by atoms with Crippen LogP contribution in [-0.2, 0) is 14.9 Å². The van der Waals surface area contributed by atoms with Crippen LogP contribution in [0.3, 0.4) is 0 Å². The van der Waals surface area contributed by atoms with Gasteiger partial charge in [0.15, 0.2) is 11.5 Å². The van der Waals surface area contributed by atoms with Crippen LogP contribution in [0.1, 0.15) is 30.0 Å². The molecule has 2 N–H and O–H groups in total. The number of likely N-dealkylation sites (N-methyl/N-ethyl adjacent to an activating group) is 1. The lowest BCUT2D eigenvalue weighted by Gasteiger charge is -2.44. The lowest BCUT2D eigenvalue weighted by atomic mass is 9.69. The van der Waals surface area contributed by atoms with Crippen LogP contribution in [0.15, 0.2) is 12.1 Å². The van der Waals surface area contributed by atoms with Gasteiger partial charge in [-0.25, -0.2) is 0 Å². The van der Waals surface area contributed by atoms with Crippen molar-refractivity contribution in [3.8, 4) is 11.5 Å². The summed E-state index contributed by atoms with van der Waals surface area (Å²) in [7, 11) is 4.90. The molecule has 23 heavy (non-hydrogen) atoms. The molecule has 0 aliphatic carbocycles. The number of benzene rings is 1. The first kappa shape index (κ1) is 16.1. The van der Waals surface area contributed by atoms with E-state index in [1.807, 2.05) is 12.1 Å². The molecular formula is C17H24N2O4. The summed E-state index contributed by atoms with van der Waals surface area (Å²) >= 11 is 0. The summed E-state index contributed by atoms with van der Waals surface area (Å²) < 4.78 is 16.5. The van der Waals surface area contributed by atoms with Gasteiger partial charge in [0.25, 0.3) is 0 Å². The van der Waals surface area contributed by atoms with E-state index in [1.54, 1.807) is 21.3 Å². The second kappa shape index (κ2) is 6.37. The third-order valence-corrected chi connectivity index (χ3v) is 5.04. The molecule has 3 rings (SSSR count). The highest BCUT2D eigenvalue weighted by molar-refractivity contribution is 5.84. The predicted molar refractivity (Wildman–Crippen MR) is 86.1 cm³/mol. The van der Waals surface area contributed by atoms with Crippen molar-refractivity contribution in [2.24, 2.45) is 0 Å². The summed E-state index contributed by atoms with van der Waals surface area (Å²) in [5, 5.41) is 6.15. The molecule has 2 aliphatic rings. The topological polar surface area (TPSA) is 68.8 Å². The molecule has 1 atom stereocenters. The Hall–Kier alpha value is -1.79. The average Bonchev–Trinajstić information content (AvgIpc) is 2.61. The van der Waals surface area contributed by atoms with Gasteiger partial charge in [0.05, 0.1) is 14.2 Å². The third kappa shape index (κ3) is 2.66. The molecule has 1 amide bonds. The van der Waals surface area contributed by atoms with E-state index >= 15 is 0 Å². The Morgan fingerprint density at radius 2 is 1.91 bits per heavy atom. The molecule has 6 heteroatoms. The van der Waals surface area contributed by atoms with Gasteiger partial charge in [-0.05, 0) is 36.1 Å². The summed E-state index contributed by atoms with van der Waals surface area (Å²) in [6, 6.07) is 3.59. The Morgan fingerprint density at radius 1 is 1.26 bits per heavy atom. The number of rotatable bonds is 3. The molecular weight excluding hydrogens is 296 g/mol. The van der Waals surface area contributed by atoms with Crippen molar-refractivity contribution in [1.82, 2.24) is 10.6 Å². The molecule has 1 spiro atoms.